The van der Waals surface area contributed by atoms with E-state index in [1.807, 2.05) is 23.1 Å². The molecule has 13 heteroatoms. The van der Waals surface area contributed by atoms with E-state index in [0.717, 1.165) is 32.1 Å². The van der Waals surface area contributed by atoms with Crippen molar-refractivity contribution >= 4 is 29.3 Å². The first-order valence-electron chi connectivity index (χ1n) is 15.7. The van der Waals surface area contributed by atoms with E-state index in [-0.39, 0.29) is 58.9 Å². The van der Waals surface area contributed by atoms with Crippen molar-refractivity contribution in [2.45, 2.75) is 64.6 Å². The predicted molar refractivity (Wildman–Crippen MR) is 175 cm³/mol. The van der Waals surface area contributed by atoms with Gasteiger partial charge in [0.05, 0.1) is 30.2 Å². The summed E-state index contributed by atoms with van der Waals surface area (Å²) in [5.41, 5.74) is 0.661. The maximum absolute atomic E-state index is 14.4. The molecule has 0 saturated carbocycles. The third kappa shape index (κ3) is 7.12. The first kappa shape index (κ1) is 33.9. The van der Waals surface area contributed by atoms with Crippen molar-refractivity contribution in [2.75, 3.05) is 33.3 Å². The SMILES string of the molecule is COc1ccc2c(c1)C(C)CN(C1CCN(C(=O)Cn3cc(-c4cccc(F)c4Cl)c(=O)n([C@@H](C)CNC(C)=O)c3=O)CC1)C(=O)C2. The van der Waals surface area contributed by atoms with Crippen molar-refractivity contribution in [1.82, 2.24) is 24.3 Å². The number of fused-ring (bicyclic) bond motifs is 1. The number of nitrogens with one attached hydrogen (secondary N) is 1. The van der Waals surface area contributed by atoms with E-state index in [9.17, 15) is 28.4 Å². The van der Waals surface area contributed by atoms with Gasteiger partial charge in [0.25, 0.3) is 5.56 Å². The van der Waals surface area contributed by atoms with Crippen LogP contribution in [0, 0.1) is 5.82 Å². The lowest BCUT2D eigenvalue weighted by molar-refractivity contribution is -0.136. The zero-order valence-corrected chi connectivity index (χ0v) is 27.7. The van der Waals surface area contributed by atoms with Gasteiger partial charge in [-0.3, -0.25) is 28.3 Å². The van der Waals surface area contributed by atoms with Crippen LogP contribution in [0.2, 0.25) is 5.02 Å². The first-order chi connectivity index (χ1) is 22.4. The van der Waals surface area contributed by atoms with Gasteiger partial charge in [0.1, 0.15) is 18.1 Å². The van der Waals surface area contributed by atoms with Gasteiger partial charge in [-0.2, -0.15) is 0 Å². The molecule has 47 heavy (non-hydrogen) atoms. The highest BCUT2D eigenvalue weighted by atomic mass is 35.5. The second-order valence-corrected chi connectivity index (χ2v) is 12.7. The van der Waals surface area contributed by atoms with Crippen LogP contribution in [0.15, 0.2) is 52.2 Å². The van der Waals surface area contributed by atoms with Crippen LogP contribution in [0.4, 0.5) is 4.39 Å². The second-order valence-electron chi connectivity index (χ2n) is 12.3. The van der Waals surface area contributed by atoms with Crippen LogP contribution in [0.25, 0.3) is 11.1 Å². The minimum Gasteiger partial charge on any atom is -0.497 e. The summed E-state index contributed by atoms with van der Waals surface area (Å²) in [6.45, 7) is 5.96. The molecule has 3 aromatic rings. The summed E-state index contributed by atoms with van der Waals surface area (Å²) < 4.78 is 21.9. The summed E-state index contributed by atoms with van der Waals surface area (Å²) in [7, 11) is 1.62. The number of hydrogen-bond donors (Lipinski definition) is 1. The number of ether oxygens (including phenoxy) is 1. The Hall–Kier alpha value is -4.45. The number of halogens is 2. The average Bonchev–Trinajstić information content (AvgIpc) is 3.17. The van der Waals surface area contributed by atoms with Crippen LogP contribution in [0.5, 0.6) is 5.75 Å². The topological polar surface area (TPSA) is 123 Å². The van der Waals surface area contributed by atoms with Gasteiger partial charge in [-0.25, -0.2) is 9.18 Å². The van der Waals surface area contributed by atoms with Crippen molar-refractivity contribution in [3.63, 3.8) is 0 Å². The van der Waals surface area contributed by atoms with Crippen molar-refractivity contribution in [3.05, 3.63) is 85.4 Å². The van der Waals surface area contributed by atoms with E-state index in [1.165, 1.54) is 25.3 Å². The molecule has 0 spiro atoms. The number of piperidine rings is 1. The van der Waals surface area contributed by atoms with Gasteiger partial charge in [0.2, 0.25) is 17.7 Å². The minimum atomic E-state index is -0.774. The molecule has 2 aliphatic heterocycles. The summed E-state index contributed by atoms with van der Waals surface area (Å²) in [6.07, 6.45) is 2.70. The highest BCUT2D eigenvalue weighted by Gasteiger charge is 2.34. The van der Waals surface area contributed by atoms with Gasteiger partial charge in [0.15, 0.2) is 0 Å². The Bertz CT molecular complexity index is 1820. The molecule has 2 aromatic carbocycles. The average molecular weight is 668 g/mol. The summed E-state index contributed by atoms with van der Waals surface area (Å²) in [5, 5.41) is 2.31. The van der Waals surface area contributed by atoms with Crippen molar-refractivity contribution in [2.24, 2.45) is 0 Å². The fourth-order valence-corrected chi connectivity index (χ4v) is 6.74. The number of methoxy groups -OCH3 is 1. The third-order valence-corrected chi connectivity index (χ3v) is 9.48. The molecule has 3 heterocycles. The molecule has 0 radical (unpaired) electrons. The summed E-state index contributed by atoms with van der Waals surface area (Å²) in [5.74, 6) is -0.491. The number of rotatable bonds is 8. The molecule has 250 valence electrons. The highest BCUT2D eigenvalue weighted by molar-refractivity contribution is 6.33. The van der Waals surface area contributed by atoms with Crippen LogP contribution >= 0.6 is 11.6 Å². The quantitative estimate of drug-likeness (QED) is 0.393. The monoisotopic (exact) mass is 667 g/mol. The van der Waals surface area contributed by atoms with Crippen molar-refractivity contribution < 1.29 is 23.5 Å². The molecule has 1 fully saturated rings. The van der Waals surface area contributed by atoms with E-state index >= 15 is 0 Å². The van der Waals surface area contributed by atoms with E-state index in [4.69, 9.17) is 16.3 Å². The minimum absolute atomic E-state index is 0.0151. The number of aromatic nitrogens is 2. The molecule has 3 amide bonds. The smallest absolute Gasteiger partial charge is 0.331 e. The van der Waals surface area contributed by atoms with Crippen molar-refractivity contribution in [3.8, 4) is 16.9 Å². The fraction of sp³-hybridized carbons (Fsp3) is 0.441. The predicted octanol–water partition coefficient (Wildman–Crippen LogP) is 3.35. The molecule has 5 rings (SSSR count). The van der Waals surface area contributed by atoms with Crippen LogP contribution in [-0.2, 0) is 27.3 Å². The zero-order chi connectivity index (χ0) is 34.0. The lowest BCUT2D eigenvalue weighted by Gasteiger charge is -2.39. The first-order valence-corrected chi connectivity index (χ1v) is 16.1. The Morgan fingerprint density at radius 2 is 1.83 bits per heavy atom. The van der Waals surface area contributed by atoms with Gasteiger partial charge < -0.3 is 19.9 Å². The van der Waals surface area contributed by atoms with E-state index < -0.39 is 23.1 Å². The standard InChI is InChI=1S/C34H39ClFN5O6/c1-20-17-40(30(43)14-23-8-9-25(47-4)15-27(20)23)24-10-12-38(13-11-24)31(44)19-39-18-28(26-6-5-7-29(36)32(26)35)33(45)41(34(39)46)21(2)16-37-22(3)42/h5-9,15,18,20-21,24H,10-14,16-17,19H2,1-4H3,(H,37,42)/t20?,21-/m0/s1. The van der Waals surface area contributed by atoms with E-state index in [0.29, 0.717) is 38.9 Å². The summed E-state index contributed by atoms with van der Waals surface area (Å²) in [6, 6.07) is 9.03. The van der Waals surface area contributed by atoms with Crippen LogP contribution < -0.4 is 21.3 Å². The maximum atomic E-state index is 14.4. The molecule has 2 atom stereocenters. The van der Waals surface area contributed by atoms with Gasteiger partial charge in [-0.05, 0) is 55.0 Å². The van der Waals surface area contributed by atoms with Crippen LogP contribution in [-0.4, -0.2) is 76.0 Å². The van der Waals surface area contributed by atoms with E-state index in [1.54, 1.807) is 18.9 Å². The number of carbonyl (C=O) groups excluding carboxylic acids is 3. The number of hydrogen-bond acceptors (Lipinski definition) is 6. The highest BCUT2D eigenvalue weighted by Crippen LogP contribution is 2.32. The number of carbonyl (C=O) groups is 3. The van der Waals surface area contributed by atoms with Crippen LogP contribution in [0.1, 0.15) is 56.7 Å². The Kier molecular flexibility index (Phi) is 10.2. The number of benzene rings is 2. The van der Waals surface area contributed by atoms with Gasteiger partial charge in [0, 0.05) is 50.9 Å². The Balaban J connectivity index is 1.35. The summed E-state index contributed by atoms with van der Waals surface area (Å²) >= 11 is 6.22. The normalized spacial score (nSPS) is 17.6. The molecule has 0 bridgehead atoms. The lowest BCUT2D eigenvalue weighted by atomic mass is 9.95. The van der Waals surface area contributed by atoms with Gasteiger partial charge in [-0.1, -0.05) is 36.7 Å². The molecule has 1 unspecified atom stereocenters. The number of amides is 3. The molecule has 1 aromatic heterocycles. The number of likely N-dealkylation sites (tertiary alicyclic amines) is 1. The second kappa shape index (κ2) is 14.1. The maximum Gasteiger partial charge on any atom is 0.331 e. The van der Waals surface area contributed by atoms with E-state index in [2.05, 4.69) is 12.2 Å². The molecular formula is C34H39ClFN5O6. The molecule has 2 aliphatic rings. The van der Waals surface area contributed by atoms with Crippen molar-refractivity contribution in [1.29, 1.82) is 0 Å². The summed E-state index contributed by atoms with van der Waals surface area (Å²) in [4.78, 5) is 69.2. The Morgan fingerprint density at radius 1 is 1.11 bits per heavy atom. The fourth-order valence-electron chi connectivity index (χ4n) is 6.51. The molecular weight excluding hydrogens is 629 g/mol. The molecule has 0 aliphatic carbocycles. The largest absolute Gasteiger partial charge is 0.497 e. The molecule has 1 N–H and O–H groups in total. The van der Waals surface area contributed by atoms with Gasteiger partial charge in [-0.15, -0.1) is 0 Å². The zero-order valence-electron chi connectivity index (χ0n) is 26.9. The Labute approximate surface area is 276 Å². The molecule has 1 saturated heterocycles. The molecule has 11 nitrogen and oxygen atoms in total. The lowest BCUT2D eigenvalue weighted by Crippen LogP contribution is -2.51. The van der Waals surface area contributed by atoms with Gasteiger partial charge >= 0.3 is 5.69 Å². The third-order valence-electron chi connectivity index (χ3n) is 9.09. The Morgan fingerprint density at radius 3 is 2.51 bits per heavy atom. The number of nitrogens with zero attached hydrogens (tertiary/aromatic N) is 4. The van der Waals surface area contributed by atoms with Crippen LogP contribution in [0.3, 0.4) is 0 Å².